The molecule has 0 bridgehead atoms. The van der Waals surface area contributed by atoms with Gasteiger partial charge in [-0.15, -0.1) is 23.6 Å². The van der Waals surface area contributed by atoms with E-state index < -0.39 is 0 Å². The van der Waals surface area contributed by atoms with Crippen LogP contribution in [-0.2, 0) is 32.7 Å². The van der Waals surface area contributed by atoms with Crippen LogP contribution in [0, 0.1) is 18.9 Å². The van der Waals surface area contributed by atoms with E-state index in [1.165, 1.54) is 19.3 Å². The van der Waals surface area contributed by atoms with Crippen molar-refractivity contribution in [1.82, 2.24) is 19.4 Å². The molecule has 0 unspecified atom stereocenters. The van der Waals surface area contributed by atoms with E-state index in [0.717, 1.165) is 56.2 Å². The second kappa shape index (κ2) is 9.20. The van der Waals surface area contributed by atoms with Crippen molar-refractivity contribution < 1.29 is 32.7 Å². The van der Waals surface area contributed by atoms with Gasteiger partial charge in [0.15, 0.2) is 0 Å². The predicted octanol–water partition coefficient (Wildman–Crippen LogP) is 6.20. The molecule has 5 nitrogen and oxygen atoms in total. The van der Waals surface area contributed by atoms with Gasteiger partial charge < -0.3 is 10.7 Å². The predicted molar refractivity (Wildman–Crippen MR) is 133 cm³/mol. The Labute approximate surface area is 224 Å². The van der Waals surface area contributed by atoms with Crippen LogP contribution in [0.2, 0.25) is 0 Å². The first-order valence-corrected chi connectivity index (χ1v) is 11.6. The molecule has 3 aromatic heterocycles. The van der Waals surface area contributed by atoms with E-state index in [1.54, 1.807) is 6.20 Å². The van der Waals surface area contributed by atoms with Crippen molar-refractivity contribution in [2.24, 2.45) is 5.92 Å². The number of pyridine rings is 1. The molecular formula is C28H26N5Y-. The first-order chi connectivity index (χ1) is 16.1. The van der Waals surface area contributed by atoms with E-state index in [2.05, 4.69) is 53.6 Å². The summed E-state index contributed by atoms with van der Waals surface area (Å²) in [5, 5.41) is 0.996. The maximum absolute atomic E-state index is 6.39. The van der Waals surface area contributed by atoms with E-state index in [9.17, 15) is 0 Å². The van der Waals surface area contributed by atoms with Crippen molar-refractivity contribution in [3.63, 3.8) is 0 Å². The van der Waals surface area contributed by atoms with Gasteiger partial charge in [0.05, 0.1) is 5.69 Å². The number of imidazole rings is 1. The molecule has 1 fully saturated rings. The summed E-state index contributed by atoms with van der Waals surface area (Å²) in [4.78, 5) is 14.6. The normalized spacial score (nSPS) is 17.5. The van der Waals surface area contributed by atoms with Crippen LogP contribution in [-0.4, -0.2) is 19.4 Å². The molecule has 5 aromatic rings. The van der Waals surface area contributed by atoms with Crippen LogP contribution in [0.3, 0.4) is 0 Å². The van der Waals surface area contributed by atoms with Gasteiger partial charge in [0.25, 0.3) is 0 Å². The van der Waals surface area contributed by atoms with Crippen molar-refractivity contribution in [3.8, 4) is 22.5 Å². The minimum Gasteiger partial charge on any atom is -0.382 e. The van der Waals surface area contributed by atoms with Crippen molar-refractivity contribution in [2.45, 2.75) is 39.0 Å². The molecule has 34 heavy (non-hydrogen) atoms. The summed E-state index contributed by atoms with van der Waals surface area (Å²) in [5.74, 6) is 2.86. The molecule has 0 spiro atoms. The molecule has 1 radical (unpaired) electrons. The molecule has 2 aromatic carbocycles. The van der Waals surface area contributed by atoms with Gasteiger partial charge in [-0.05, 0) is 48.0 Å². The van der Waals surface area contributed by atoms with Crippen LogP contribution in [0.5, 0.6) is 0 Å². The number of aromatic nitrogens is 4. The molecule has 1 aliphatic rings. The fourth-order valence-corrected chi connectivity index (χ4v) is 5.12. The number of hydrogen-bond donors (Lipinski definition) is 1. The van der Waals surface area contributed by atoms with Crippen LogP contribution in [0.1, 0.15) is 43.5 Å². The fraction of sp³-hybridized carbons (Fsp3) is 0.250. The smallest absolute Gasteiger partial charge is 0.150 e. The van der Waals surface area contributed by atoms with E-state index in [4.69, 9.17) is 15.7 Å². The molecule has 0 atom stereocenters. The summed E-state index contributed by atoms with van der Waals surface area (Å²) in [6, 6.07) is 19.8. The Hall–Kier alpha value is -2.63. The molecule has 0 saturated heterocycles. The summed E-state index contributed by atoms with van der Waals surface area (Å²) in [6.45, 7) is 4.38. The van der Waals surface area contributed by atoms with Gasteiger partial charge in [0, 0.05) is 51.0 Å². The topological polar surface area (TPSA) is 69.1 Å². The Bertz CT molecular complexity index is 1490. The Morgan fingerprint density at radius 3 is 2.65 bits per heavy atom. The zero-order valence-corrected chi connectivity index (χ0v) is 22.3. The van der Waals surface area contributed by atoms with Crippen molar-refractivity contribution in [1.29, 1.82) is 0 Å². The third-order valence-corrected chi connectivity index (χ3v) is 7.14. The number of nitrogens with zero attached hydrogens (tertiary/aromatic N) is 4. The third-order valence-electron chi connectivity index (χ3n) is 7.14. The molecule has 0 aliphatic heterocycles. The quantitative estimate of drug-likeness (QED) is 0.286. The summed E-state index contributed by atoms with van der Waals surface area (Å²) in [7, 11) is 0. The zero-order valence-electron chi connectivity index (χ0n) is 19.5. The summed E-state index contributed by atoms with van der Waals surface area (Å²) in [6.07, 6.45) is 7.36. The Morgan fingerprint density at radius 1 is 1.09 bits per heavy atom. The molecule has 0 amide bonds. The second-order valence-corrected chi connectivity index (χ2v) is 9.08. The van der Waals surface area contributed by atoms with Crippen LogP contribution >= 0.6 is 0 Å². The van der Waals surface area contributed by atoms with E-state index in [1.807, 2.05) is 30.5 Å². The monoisotopic (exact) mass is 521 g/mol. The first kappa shape index (κ1) is 23.1. The number of fused-ring (bicyclic) bond motifs is 2. The summed E-state index contributed by atoms with van der Waals surface area (Å²) >= 11 is 0. The number of nitrogen functional groups attached to an aromatic ring is 1. The average Bonchev–Trinajstić information content (AvgIpc) is 3.19. The van der Waals surface area contributed by atoms with Crippen LogP contribution < -0.4 is 5.73 Å². The van der Waals surface area contributed by atoms with Crippen molar-refractivity contribution >= 4 is 22.2 Å². The zero-order chi connectivity index (χ0) is 22.5. The van der Waals surface area contributed by atoms with Crippen LogP contribution in [0.4, 0.5) is 5.82 Å². The largest absolute Gasteiger partial charge is 0.382 e. The third kappa shape index (κ3) is 3.75. The second-order valence-electron chi connectivity index (χ2n) is 9.08. The standard InChI is InChI=1S/C28H26N5.Y/c1-3-18-15-21(16-18)28-32-25(26-27(29)30-13-14-33(26)28)22-11-9-20-10-12-23(31-24(20)17(22)2)19-7-5-4-6-8-19;/h4-9,11-14,18,21H,3,15-16H2,1-2H3,(H2,29,30);/q-1;. The van der Waals surface area contributed by atoms with E-state index in [0.29, 0.717) is 11.7 Å². The molecule has 2 N–H and O–H groups in total. The Kier molecular flexibility index (Phi) is 6.26. The molecule has 6 rings (SSSR count). The van der Waals surface area contributed by atoms with Crippen LogP contribution in [0.25, 0.3) is 38.9 Å². The first-order valence-electron chi connectivity index (χ1n) is 11.6. The molecule has 3 heterocycles. The van der Waals surface area contributed by atoms with Gasteiger partial charge in [-0.2, -0.15) is 0 Å². The van der Waals surface area contributed by atoms with Crippen molar-refractivity contribution in [2.75, 3.05) is 5.73 Å². The van der Waals surface area contributed by atoms with Gasteiger partial charge in [-0.25, -0.2) is 9.97 Å². The molecule has 1 aliphatic carbocycles. The summed E-state index contributed by atoms with van der Waals surface area (Å²) in [5.41, 5.74) is 13.2. The molecular weight excluding hydrogens is 495 g/mol. The number of benzene rings is 2. The Morgan fingerprint density at radius 2 is 1.88 bits per heavy atom. The van der Waals surface area contributed by atoms with Gasteiger partial charge in [0.1, 0.15) is 17.2 Å². The van der Waals surface area contributed by atoms with Gasteiger partial charge in [-0.1, -0.05) is 55.3 Å². The Balaban J connectivity index is 0.00000241. The molecule has 1 saturated carbocycles. The minimum atomic E-state index is 0. The van der Waals surface area contributed by atoms with Crippen molar-refractivity contribution in [3.05, 3.63) is 78.4 Å². The van der Waals surface area contributed by atoms with E-state index >= 15 is 0 Å². The van der Waals surface area contributed by atoms with Gasteiger partial charge in [-0.3, -0.25) is 4.40 Å². The number of hydrogen-bond acceptors (Lipinski definition) is 4. The molecule has 6 heteroatoms. The SMILES string of the molecule is CCC1CC(c2nc(-c3ccc4[c-]cc(-c5ccccc5)nc4c3C)c3c(N)nccn23)C1.[Y]. The molecule has 167 valence electrons. The van der Waals surface area contributed by atoms with Gasteiger partial charge >= 0.3 is 0 Å². The van der Waals surface area contributed by atoms with E-state index in [-0.39, 0.29) is 32.7 Å². The van der Waals surface area contributed by atoms with Crippen LogP contribution in [0.15, 0.2) is 60.9 Å². The number of aryl methyl sites for hydroxylation is 1. The average molecular weight is 521 g/mol. The maximum atomic E-state index is 6.39. The maximum Gasteiger partial charge on any atom is 0.150 e. The summed E-state index contributed by atoms with van der Waals surface area (Å²) < 4.78 is 2.15. The number of anilines is 1. The number of nitrogens with two attached hydrogens (primary N) is 1. The van der Waals surface area contributed by atoms with Gasteiger partial charge in [0.2, 0.25) is 0 Å². The fourth-order valence-electron chi connectivity index (χ4n) is 5.12. The minimum absolute atomic E-state index is 0. The number of rotatable bonds is 4.